The van der Waals surface area contributed by atoms with Gasteiger partial charge in [0.15, 0.2) is 0 Å². The summed E-state index contributed by atoms with van der Waals surface area (Å²) in [7, 11) is 0. The molecule has 0 aliphatic heterocycles. The predicted octanol–water partition coefficient (Wildman–Crippen LogP) is 1.09. The van der Waals surface area contributed by atoms with Crippen molar-refractivity contribution in [2.75, 3.05) is 13.1 Å². The second kappa shape index (κ2) is 8.06. The van der Waals surface area contributed by atoms with Crippen LogP contribution in [0.25, 0.3) is 0 Å². The summed E-state index contributed by atoms with van der Waals surface area (Å²) in [5.41, 5.74) is 0. The van der Waals surface area contributed by atoms with E-state index in [9.17, 15) is 9.59 Å². The Morgan fingerprint density at radius 3 is 2.06 bits per heavy atom. The van der Waals surface area contributed by atoms with Crippen molar-refractivity contribution in [3.05, 3.63) is 0 Å². The average molecular weight is 244 g/mol. The van der Waals surface area contributed by atoms with Crippen molar-refractivity contribution in [1.82, 2.24) is 10.2 Å². The number of aliphatic carboxylic acids is 1. The number of carboxylic acids is 1. The van der Waals surface area contributed by atoms with E-state index >= 15 is 0 Å². The first-order chi connectivity index (χ1) is 7.90. The van der Waals surface area contributed by atoms with Crippen molar-refractivity contribution in [2.45, 2.75) is 52.6 Å². The van der Waals surface area contributed by atoms with Crippen molar-refractivity contribution in [3.8, 4) is 0 Å². The van der Waals surface area contributed by atoms with Gasteiger partial charge in [-0.3, -0.25) is 14.5 Å². The van der Waals surface area contributed by atoms with Gasteiger partial charge in [0.1, 0.15) is 0 Å². The molecule has 0 heterocycles. The maximum Gasteiger partial charge on any atom is 0.317 e. The van der Waals surface area contributed by atoms with Gasteiger partial charge < -0.3 is 10.4 Å². The summed E-state index contributed by atoms with van der Waals surface area (Å²) < 4.78 is 0. The van der Waals surface area contributed by atoms with E-state index in [2.05, 4.69) is 5.32 Å². The minimum Gasteiger partial charge on any atom is -0.480 e. The van der Waals surface area contributed by atoms with Crippen LogP contribution >= 0.6 is 0 Å². The van der Waals surface area contributed by atoms with E-state index in [1.165, 1.54) is 0 Å². The van der Waals surface area contributed by atoms with Crippen LogP contribution in [0.1, 0.15) is 40.5 Å². The van der Waals surface area contributed by atoms with Gasteiger partial charge in [0.2, 0.25) is 5.91 Å². The highest BCUT2D eigenvalue weighted by Gasteiger charge is 2.18. The molecule has 1 amide bonds. The lowest BCUT2D eigenvalue weighted by Gasteiger charge is -2.25. The van der Waals surface area contributed by atoms with Gasteiger partial charge in [-0.1, -0.05) is 13.8 Å². The smallest absolute Gasteiger partial charge is 0.317 e. The van der Waals surface area contributed by atoms with Crippen LogP contribution in [0.15, 0.2) is 0 Å². The first-order valence-corrected chi connectivity index (χ1v) is 6.15. The molecule has 5 heteroatoms. The van der Waals surface area contributed by atoms with Crippen molar-refractivity contribution >= 4 is 11.9 Å². The number of nitrogens with one attached hydrogen (secondary N) is 1. The quantitative estimate of drug-likeness (QED) is 0.670. The Kier molecular flexibility index (Phi) is 7.54. The predicted molar refractivity (Wildman–Crippen MR) is 66.9 cm³/mol. The molecule has 0 rings (SSSR count). The zero-order chi connectivity index (χ0) is 13.4. The molecule has 17 heavy (non-hydrogen) atoms. The molecule has 100 valence electrons. The van der Waals surface area contributed by atoms with Gasteiger partial charge in [-0.05, 0) is 26.7 Å². The molecule has 0 aromatic rings. The molecule has 0 radical (unpaired) electrons. The molecule has 0 aromatic heterocycles. The van der Waals surface area contributed by atoms with Gasteiger partial charge >= 0.3 is 5.97 Å². The summed E-state index contributed by atoms with van der Waals surface area (Å²) in [5.74, 6) is -1.01. The van der Waals surface area contributed by atoms with Crippen LogP contribution in [-0.4, -0.2) is 47.1 Å². The summed E-state index contributed by atoms with van der Waals surface area (Å²) in [5, 5.41) is 11.6. The van der Waals surface area contributed by atoms with Crippen molar-refractivity contribution in [1.29, 1.82) is 0 Å². The molecule has 0 aliphatic rings. The normalized spacial score (nSPS) is 11.2. The molecular weight excluding hydrogens is 220 g/mol. The van der Waals surface area contributed by atoms with Crippen LogP contribution in [0.4, 0.5) is 0 Å². The fourth-order valence-corrected chi connectivity index (χ4v) is 1.55. The minimum absolute atomic E-state index is 0.0403. The number of hydrogen-bond donors (Lipinski definition) is 2. The Labute approximate surface area is 103 Å². The fourth-order valence-electron chi connectivity index (χ4n) is 1.55. The summed E-state index contributed by atoms with van der Waals surface area (Å²) in [6.07, 6.45) is 1.78. The van der Waals surface area contributed by atoms with Crippen LogP contribution in [0.5, 0.6) is 0 Å². The summed E-state index contributed by atoms with van der Waals surface area (Å²) in [6.45, 7) is 7.84. The van der Waals surface area contributed by atoms with Crippen molar-refractivity contribution in [3.63, 3.8) is 0 Å². The Morgan fingerprint density at radius 2 is 1.71 bits per heavy atom. The third kappa shape index (κ3) is 6.94. The largest absolute Gasteiger partial charge is 0.480 e. The van der Waals surface area contributed by atoms with Gasteiger partial charge in [0.25, 0.3) is 0 Å². The van der Waals surface area contributed by atoms with E-state index in [1.54, 1.807) is 4.90 Å². The Balaban J connectivity index is 4.25. The van der Waals surface area contributed by atoms with Crippen LogP contribution in [-0.2, 0) is 9.59 Å². The molecular formula is C12H24N2O3. The highest BCUT2D eigenvalue weighted by atomic mass is 16.4. The Morgan fingerprint density at radius 1 is 1.18 bits per heavy atom. The summed E-state index contributed by atoms with van der Waals surface area (Å²) >= 11 is 0. The lowest BCUT2D eigenvalue weighted by atomic mass is 10.2. The number of nitrogens with zero attached hydrogens (tertiary/aromatic N) is 1. The maximum absolute atomic E-state index is 11.7. The lowest BCUT2D eigenvalue weighted by molar-refractivity contribution is -0.139. The van der Waals surface area contributed by atoms with Gasteiger partial charge in [0, 0.05) is 12.1 Å². The van der Waals surface area contributed by atoms with E-state index in [1.807, 2.05) is 27.7 Å². The zero-order valence-electron chi connectivity index (χ0n) is 11.2. The van der Waals surface area contributed by atoms with Crippen LogP contribution in [0.3, 0.4) is 0 Å². The van der Waals surface area contributed by atoms with Gasteiger partial charge in [0.05, 0.1) is 13.1 Å². The SMILES string of the molecule is CCC(CC)NC(=O)CN(CC(=O)O)C(C)C. The molecule has 0 aliphatic carbocycles. The molecule has 0 fully saturated rings. The number of hydrogen-bond acceptors (Lipinski definition) is 3. The molecule has 0 unspecified atom stereocenters. The Hall–Kier alpha value is -1.10. The van der Waals surface area contributed by atoms with Crippen LogP contribution in [0, 0.1) is 0 Å². The first kappa shape index (κ1) is 15.9. The molecule has 0 saturated carbocycles. The highest BCUT2D eigenvalue weighted by Crippen LogP contribution is 2.00. The van der Waals surface area contributed by atoms with Crippen molar-refractivity contribution < 1.29 is 14.7 Å². The number of carbonyl (C=O) groups is 2. The molecule has 0 saturated heterocycles. The molecule has 5 nitrogen and oxygen atoms in total. The topological polar surface area (TPSA) is 69.6 Å². The average Bonchev–Trinajstić information content (AvgIpc) is 2.24. The van der Waals surface area contributed by atoms with Crippen LogP contribution < -0.4 is 5.32 Å². The van der Waals surface area contributed by atoms with E-state index in [0.29, 0.717) is 0 Å². The van der Waals surface area contributed by atoms with Gasteiger partial charge in [-0.2, -0.15) is 0 Å². The zero-order valence-corrected chi connectivity index (χ0v) is 11.2. The Bertz CT molecular complexity index is 250. The van der Waals surface area contributed by atoms with Gasteiger partial charge in [-0.15, -0.1) is 0 Å². The molecule has 0 spiro atoms. The first-order valence-electron chi connectivity index (χ1n) is 6.15. The number of rotatable bonds is 8. The minimum atomic E-state index is -0.908. The maximum atomic E-state index is 11.7. The second-order valence-corrected chi connectivity index (χ2v) is 4.47. The van der Waals surface area contributed by atoms with Gasteiger partial charge in [-0.25, -0.2) is 0 Å². The fraction of sp³-hybridized carbons (Fsp3) is 0.833. The standard InChI is InChI=1S/C12H24N2O3/c1-5-10(6-2)13-11(15)7-14(9(3)4)8-12(16)17/h9-10H,5-8H2,1-4H3,(H,13,15)(H,16,17). The number of carbonyl (C=O) groups excluding carboxylic acids is 1. The number of carboxylic acid groups (broad SMARTS) is 1. The third-order valence-electron chi connectivity index (χ3n) is 2.77. The number of amides is 1. The summed E-state index contributed by atoms with van der Waals surface area (Å²) in [6, 6.07) is 0.222. The molecule has 2 N–H and O–H groups in total. The van der Waals surface area contributed by atoms with Crippen molar-refractivity contribution in [2.24, 2.45) is 0 Å². The lowest BCUT2D eigenvalue weighted by Crippen LogP contribution is -2.45. The van der Waals surface area contributed by atoms with E-state index < -0.39 is 5.97 Å². The second-order valence-electron chi connectivity index (χ2n) is 4.47. The molecule has 0 aromatic carbocycles. The van der Waals surface area contributed by atoms with Crippen LogP contribution in [0.2, 0.25) is 0 Å². The highest BCUT2D eigenvalue weighted by molar-refractivity contribution is 5.79. The van der Waals surface area contributed by atoms with E-state index in [-0.39, 0.29) is 31.1 Å². The van der Waals surface area contributed by atoms with E-state index in [4.69, 9.17) is 5.11 Å². The summed E-state index contributed by atoms with van der Waals surface area (Å²) in [4.78, 5) is 24.0. The monoisotopic (exact) mass is 244 g/mol. The third-order valence-corrected chi connectivity index (χ3v) is 2.77. The molecule has 0 bridgehead atoms. The van der Waals surface area contributed by atoms with E-state index in [0.717, 1.165) is 12.8 Å². The molecule has 0 atom stereocenters.